The Morgan fingerprint density at radius 3 is 1.98 bits per heavy atom. The Kier molecular flexibility index (Phi) is 13.1. The molecule has 1 aromatic rings. The van der Waals surface area contributed by atoms with Crippen molar-refractivity contribution < 1.29 is 19.4 Å². The first-order chi connectivity index (χ1) is 20.0. The summed E-state index contributed by atoms with van der Waals surface area (Å²) in [6.07, 6.45) is 24.3. The normalized spacial score (nSPS) is 28.7. The zero-order valence-corrected chi connectivity index (χ0v) is 26.2. The van der Waals surface area contributed by atoms with Crippen LogP contribution in [0.4, 0.5) is 0 Å². The first kappa shape index (κ1) is 32.1. The Balaban J connectivity index is 1.17. The van der Waals surface area contributed by atoms with Crippen molar-refractivity contribution in [3.8, 4) is 5.75 Å². The number of aliphatic hydroxyl groups is 1. The molecule has 0 bridgehead atoms. The second-order valence-electron chi connectivity index (χ2n) is 13.5. The fourth-order valence-electron chi connectivity index (χ4n) is 8.46. The van der Waals surface area contributed by atoms with Gasteiger partial charge in [-0.15, -0.1) is 0 Å². The molecule has 41 heavy (non-hydrogen) atoms. The highest BCUT2D eigenvalue weighted by atomic mass is 16.6. The van der Waals surface area contributed by atoms with Crippen LogP contribution in [0.2, 0.25) is 0 Å². The van der Waals surface area contributed by atoms with Gasteiger partial charge in [0.1, 0.15) is 19.0 Å². The molecule has 0 saturated heterocycles. The van der Waals surface area contributed by atoms with Crippen LogP contribution in [0.3, 0.4) is 0 Å². The Morgan fingerprint density at radius 2 is 1.41 bits per heavy atom. The van der Waals surface area contributed by atoms with Gasteiger partial charge in [-0.1, -0.05) is 65.0 Å². The lowest BCUT2D eigenvalue weighted by Crippen LogP contribution is -2.29. The summed E-state index contributed by atoms with van der Waals surface area (Å²) in [5, 5.41) is 8.97. The van der Waals surface area contributed by atoms with Crippen molar-refractivity contribution in [2.75, 3.05) is 19.8 Å². The number of ether oxygens (including phenoxy) is 2. The van der Waals surface area contributed by atoms with Crippen LogP contribution >= 0.6 is 0 Å². The monoisotopic (exact) mass is 566 g/mol. The van der Waals surface area contributed by atoms with Gasteiger partial charge in [0, 0.05) is 0 Å². The number of benzene rings is 1. The van der Waals surface area contributed by atoms with Crippen LogP contribution in [0.15, 0.2) is 30.4 Å². The lowest BCUT2D eigenvalue weighted by atomic mass is 9.64. The van der Waals surface area contributed by atoms with Crippen molar-refractivity contribution >= 4 is 5.97 Å². The second-order valence-corrected chi connectivity index (χ2v) is 13.5. The molecule has 0 amide bonds. The van der Waals surface area contributed by atoms with E-state index in [1.807, 2.05) is 0 Å². The lowest BCUT2D eigenvalue weighted by molar-refractivity contribution is -0.140. The van der Waals surface area contributed by atoms with Crippen molar-refractivity contribution in [2.45, 2.75) is 129 Å². The molecule has 1 aromatic carbocycles. The van der Waals surface area contributed by atoms with Crippen LogP contribution in [0.25, 0.3) is 0 Å². The number of esters is 1. The van der Waals surface area contributed by atoms with E-state index >= 15 is 0 Å². The molecule has 3 aliphatic rings. The Labute approximate surface area is 250 Å². The fraction of sp³-hybridized carbons (Fsp3) is 0.757. The Bertz CT molecular complexity index is 930. The molecule has 0 aliphatic heterocycles. The summed E-state index contributed by atoms with van der Waals surface area (Å²) in [5.74, 6) is 5.95. The highest BCUT2D eigenvalue weighted by Gasteiger charge is 2.35. The van der Waals surface area contributed by atoms with Crippen molar-refractivity contribution in [2.24, 2.45) is 29.6 Å². The summed E-state index contributed by atoms with van der Waals surface area (Å²) >= 11 is 0. The van der Waals surface area contributed by atoms with Gasteiger partial charge in [0.25, 0.3) is 0 Å². The number of aryl methyl sites for hydroxylation is 1. The zero-order chi connectivity index (χ0) is 29.0. The highest BCUT2D eigenvalue weighted by molar-refractivity contribution is 5.87. The second kappa shape index (κ2) is 16.7. The molecule has 0 aromatic heterocycles. The molecule has 0 heterocycles. The summed E-state index contributed by atoms with van der Waals surface area (Å²) in [6.45, 7) is 8.09. The number of carbonyl (C=O) groups is 1. The quantitative estimate of drug-likeness (QED) is 0.139. The molecule has 0 spiro atoms. The number of unbranched alkanes of at least 4 members (excludes halogenated alkanes) is 2. The van der Waals surface area contributed by atoms with Crippen LogP contribution in [0.1, 0.15) is 134 Å². The van der Waals surface area contributed by atoms with Gasteiger partial charge in [0.05, 0.1) is 12.2 Å². The average molecular weight is 567 g/mol. The van der Waals surface area contributed by atoms with Crippen LogP contribution in [0.5, 0.6) is 5.75 Å². The maximum absolute atomic E-state index is 11.6. The molecule has 4 nitrogen and oxygen atoms in total. The van der Waals surface area contributed by atoms with E-state index in [-0.39, 0.29) is 18.8 Å². The smallest absolute Gasteiger partial charge is 0.335 e. The van der Waals surface area contributed by atoms with E-state index in [9.17, 15) is 4.79 Å². The molecule has 3 fully saturated rings. The van der Waals surface area contributed by atoms with E-state index in [1.54, 1.807) is 0 Å². The molecule has 3 aliphatic carbocycles. The van der Waals surface area contributed by atoms with Gasteiger partial charge in [-0.2, -0.15) is 0 Å². The number of hydrogen-bond acceptors (Lipinski definition) is 4. The highest BCUT2D eigenvalue weighted by Crippen LogP contribution is 2.48. The molecular weight excluding hydrogens is 508 g/mol. The maximum atomic E-state index is 11.6. The average Bonchev–Trinajstić information content (AvgIpc) is 3.03. The molecule has 4 heteroatoms. The summed E-state index contributed by atoms with van der Waals surface area (Å²) in [5.41, 5.74) is 2.96. The first-order valence-electron chi connectivity index (χ1n) is 17.2. The molecule has 0 unspecified atom stereocenters. The van der Waals surface area contributed by atoms with Gasteiger partial charge < -0.3 is 14.6 Å². The summed E-state index contributed by atoms with van der Waals surface area (Å²) in [7, 11) is 0. The van der Waals surface area contributed by atoms with E-state index in [2.05, 4.69) is 38.6 Å². The first-order valence-corrected chi connectivity index (χ1v) is 17.2. The van der Waals surface area contributed by atoms with Crippen molar-refractivity contribution in [1.82, 2.24) is 0 Å². The molecule has 0 radical (unpaired) electrons. The van der Waals surface area contributed by atoms with Crippen molar-refractivity contribution in [3.05, 3.63) is 41.5 Å². The predicted octanol–water partition coefficient (Wildman–Crippen LogP) is 9.19. The van der Waals surface area contributed by atoms with Gasteiger partial charge in [-0.3, -0.25) is 0 Å². The van der Waals surface area contributed by atoms with E-state index < -0.39 is 5.97 Å². The van der Waals surface area contributed by atoms with Gasteiger partial charge in [-0.25, -0.2) is 4.79 Å². The molecule has 3 saturated carbocycles. The van der Waals surface area contributed by atoms with Crippen molar-refractivity contribution in [1.29, 1.82) is 0 Å². The Morgan fingerprint density at radius 1 is 0.829 bits per heavy atom. The van der Waals surface area contributed by atoms with Gasteiger partial charge in [0.2, 0.25) is 0 Å². The van der Waals surface area contributed by atoms with E-state index in [0.717, 1.165) is 41.8 Å². The van der Waals surface area contributed by atoms with Crippen LogP contribution in [-0.4, -0.2) is 30.9 Å². The molecule has 230 valence electrons. The predicted molar refractivity (Wildman–Crippen MR) is 168 cm³/mol. The summed E-state index contributed by atoms with van der Waals surface area (Å²) < 4.78 is 10.9. The maximum Gasteiger partial charge on any atom is 0.335 e. The molecule has 0 atom stereocenters. The molecule has 4 rings (SSSR count). The summed E-state index contributed by atoms with van der Waals surface area (Å²) in [4.78, 5) is 11.6. The third-order valence-electron chi connectivity index (χ3n) is 11.0. The third kappa shape index (κ3) is 9.34. The zero-order valence-electron chi connectivity index (χ0n) is 26.2. The minimum Gasteiger partial charge on any atom is -0.490 e. The Hall–Kier alpha value is -1.81. The number of carbonyl (C=O) groups excluding carboxylic acids is 1. The number of aliphatic hydroxyl groups excluding tert-OH is 1. The van der Waals surface area contributed by atoms with Gasteiger partial charge in [0.15, 0.2) is 0 Å². The largest absolute Gasteiger partial charge is 0.490 e. The number of hydrogen-bond donors (Lipinski definition) is 1. The van der Waals surface area contributed by atoms with E-state index in [0.29, 0.717) is 12.5 Å². The summed E-state index contributed by atoms with van der Waals surface area (Å²) in [6, 6.07) is 6.54. The minimum atomic E-state index is -0.570. The number of rotatable bonds is 14. The fourth-order valence-corrected chi connectivity index (χ4v) is 8.46. The van der Waals surface area contributed by atoms with Crippen LogP contribution in [0, 0.1) is 29.6 Å². The third-order valence-corrected chi connectivity index (χ3v) is 11.0. The van der Waals surface area contributed by atoms with Crippen LogP contribution < -0.4 is 4.74 Å². The molecule has 1 N–H and O–H groups in total. The van der Waals surface area contributed by atoms with Gasteiger partial charge in [-0.05, 0) is 129 Å². The standard InChI is InChI=1S/C37H58O4/c1-4-6-7-8-28-9-11-30(12-10-28)31-13-15-32(16-14-31)33-17-19-34(20-18-33)36-22-21-35(25-29(36)5-2)40-23-24-41-37(39)27(3)26-38/h21-22,25,28,30-34,38H,3-20,23-24,26H2,1-2H3. The lowest BCUT2D eigenvalue weighted by Gasteiger charge is -2.41. The molecular formula is C37H58O4. The topological polar surface area (TPSA) is 55.8 Å². The van der Waals surface area contributed by atoms with Crippen molar-refractivity contribution in [3.63, 3.8) is 0 Å². The van der Waals surface area contributed by atoms with Gasteiger partial charge >= 0.3 is 5.97 Å². The van der Waals surface area contributed by atoms with Crippen LogP contribution in [-0.2, 0) is 16.0 Å². The SMILES string of the molecule is C=C(CO)C(=O)OCCOc1ccc(C2CCC(C3CCC(C4CCC(CCCCC)CC4)CC3)CC2)c(CC)c1. The minimum absolute atomic E-state index is 0.0653. The van der Waals surface area contributed by atoms with E-state index in [1.165, 1.54) is 114 Å². The van der Waals surface area contributed by atoms with E-state index in [4.69, 9.17) is 14.6 Å².